The zero-order valence-corrected chi connectivity index (χ0v) is 14.8. The number of fused-ring (bicyclic) bond motifs is 1. The lowest BCUT2D eigenvalue weighted by molar-refractivity contribution is -0.156. The molecule has 25 heavy (non-hydrogen) atoms. The minimum absolute atomic E-state index is 0.158. The first kappa shape index (κ1) is 17.3. The van der Waals surface area contributed by atoms with E-state index in [0.29, 0.717) is 17.1 Å². The van der Waals surface area contributed by atoms with Crippen LogP contribution in [0.25, 0.3) is 6.08 Å². The molecule has 2 heterocycles. The molecule has 0 radical (unpaired) electrons. The smallest absolute Gasteiger partial charge is 0.326 e. The lowest BCUT2D eigenvalue weighted by Crippen LogP contribution is -2.37. The van der Waals surface area contributed by atoms with E-state index in [1.54, 1.807) is 45.0 Å². The van der Waals surface area contributed by atoms with Crippen molar-refractivity contribution < 1.29 is 28.6 Å². The van der Waals surface area contributed by atoms with Crippen molar-refractivity contribution in [2.75, 3.05) is 13.3 Å². The Kier molecular flexibility index (Phi) is 4.47. The highest BCUT2D eigenvalue weighted by Crippen LogP contribution is 2.36. The molecule has 2 amide bonds. The van der Waals surface area contributed by atoms with Crippen LogP contribution in [0.15, 0.2) is 23.1 Å². The number of hydrogen-bond acceptors (Lipinski definition) is 7. The molecule has 0 unspecified atom stereocenters. The molecule has 1 saturated heterocycles. The lowest BCUT2D eigenvalue weighted by Gasteiger charge is -2.21. The third-order valence-electron chi connectivity index (χ3n) is 3.28. The van der Waals surface area contributed by atoms with Crippen molar-refractivity contribution in [2.45, 2.75) is 26.4 Å². The molecule has 2 aliphatic heterocycles. The molecule has 0 atom stereocenters. The second-order valence-electron chi connectivity index (χ2n) is 6.47. The van der Waals surface area contributed by atoms with Crippen LogP contribution in [-0.2, 0) is 14.3 Å². The first-order valence-corrected chi connectivity index (χ1v) is 8.41. The molecule has 7 nitrogen and oxygen atoms in total. The van der Waals surface area contributed by atoms with E-state index >= 15 is 0 Å². The van der Waals surface area contributed by atoms with Crippen molar-refractivity contribution >= 4 is 35.0 Å². The molecule has 1 fully saturated rings. The van der Waals surface area contributed by atoms with Gasteiger partial charge in [-0.2, -0.15) is 0 Å². The maximum atomic E-state index is 12.4. The summed E-state index contributed by atoms with van der Waals surface area (Å²) in [6.45, 7) is 4.92. The summed E-state index contributed by atoms with van der Waals surface area (Å²) in [5, 5.41) is -0.497. The number of carbonyl (C=O) groups is 3. The highest BCUT2D eigenvalue weighted by atomic mass is 32.2. The average Bonchev–Trinajstić information content (AvgIpc) is 3.05. The van der Waals surface area contributed by atoms with Gasteiger partial charge in [0.25, 0.3) is 11.1 Å². The quantitative estimate of drug-likeness (QED) is 0.603. The Morgan fingerprint density at radius 3 is 2.72 bits per heavy atom. The van der Waals surface area contributed by atoms with Gasteiger partial charge in [0.1, 0.15) is 12.1 Å². The van der Waals surface area contributed by atoms with Crippen molar-refractivity contribution in [1.29, 1.82) is 0 Å². The molecule has 1 aromatic carbocycles. The van der Waals surface area contributed by atoms with Gasteiger partial charge in [0.2, 0.25) is 6.79 Å². The number of thioether (sulfide) groups is 1. The van der Waals surface area contributed by atoms with E-state index in [-0.39, 0.29) is 11.7 Å². The van der Waals surface area contributed by atoms with E-state index in [2.05, 4.69) is 0 Å². The first-order valence-electron chi connectivity index (χ1n) is 7.60. The Bertz CT molecular complexity index is 780. The number of hydrogen-bond donors (Lipinski definition) is 0. The topological polar surface area (TPSA) is 82.1 Å². The Balaban J connectivity index is 1.73. The third kappa shape index (κ3) is 3.96. The van der Waals surface area contributed by atoms with Crippen molar-refractivity contribution in [1.82, 2.24) is 4.90 Å². The predicted molar refractivity (Wildman–Crippen MR) is 91.1 cm³/mol. The second kappa shape index (κ2) is 6.44. The molecule has 0 bridgehead atoms. The van der Waals surface area contributed by atoms with Crippen LogP contribution in [0.2, 0.25) is 0 Å². The van der Waals surface area contributed by atoms with E-state index in [9.17, 15) is 14.4 Å². The molecule has 8 heteroatoms. The molecule has 0 saturated carbocycles. The number of benzene rings is 1. The van der Waals surface area contributed by atoms with Crippen LogP contribution in [0.3, 0.4) is 0 Å². The fraction of sp³-hybridized carbons (Fsp3) is 0.353. The van der Waals surface area contributed by atoms with Gasteiger partial charge in [-0.05, 0) is 56.3 Å². The maximum absolute atomic E-state index is 12.4. The molecule has 3 rings (SSSR count). The van der Waals surface area contributed by atoms with Crippen LogP contribution in [0.5, 0.6) is 11.5 Å². The monoisotopic (exact) mass is 363 g/mol. The molecule has 0 N–H and O–H groups in total. The molecule has 132 valence electrons. The SMILES string of the molecule is CC(C)(C)OC(=O)CN1C(=O)S/C(=C/c2ccc3c(c2)OCO3)C1=O. The van der Waals surface area contributed by atoms with Gasteiger partial charge in [-0.3, -0.25) is 19.3 Å². The van der Waals surface area contributed by atoms with Crippen molar-refractivity contribution in [3.8, 4) is 11.5 Å². The van der Waals surface area contributed by atoms with E-state index < -0.39 is 29.3 Å². The summed E-state index contributed by atoms with van der Waals surface area (Å²) in [5.74, 6) is 0.0783. The van der Waals surface area contributed by atoms with Crippen LogP contribution in [0.4, 0.5) is 4.79 Å². The standard InChI is InChI=1S/C17H17NO6S/c1-17(2,3)24-14(19)8-18-15(20)13(25-16(18)21)7-10-4-5-11-12(6-10)23-9-22-11/h4-7H,8-9H2,1-3H3/b13-7+. The van der Waals surface area contributed by atoms with Crippen LogP contribution in [0.1, 0.15) is 26.3 Å². The summed E-state index contributed by atoms with van der Waals surface area (Å²) in [4.78, 5) is 37.5. The van der Waals surface area contributed by atoms with Crippen LogP contribution < -0.4 is 9.47 Å². The number of rotatable bonds is 3. The molecule has 0 spiro atoms. The van der Waals surface area contributed by atoms with E-state index in [1.165, 1.54) is 0 Å². The van der Waals surface area contributed by atoms with E-state index in [4.69, 9.17) is 14.2 Å². The lowest BCUT2D eigenvalue weighted by atomic mass is 10.2. The van der Waals surface area contributed by atoms with E-state index in [1.807, 2.05) is 0 Å². The van der Waals surface area contributed by atoms with Crippen molar-refractivity contribution in [3.05, 3.63) is 28.7 Å². The van der Waals surface area contributed by atoms with Gasteiger partial charge >= 0.3 is 5.97 Å². The zero-order chi connectivity index (χ0) is 18.2. The Labute approximate surface area is 148 Å². The predicted octanol–water partition coefficient (Wildman–Crippen LogP) is 2.79. The minimum atomic E-state index is -0.679. The summed E-state index contributed by atoms with van der Waals surface area (Å²) in [7, 11) is 0. The maximum Gasteiger partial charge on any atom is 0.326 e. The number of esters is 1. The van der Waals surface area contributed by atoms with Gasteiger partial charge in [0.05, 0.1) is 4.91 Å². The van der Waals surface area contributed by atoms with Gasteiger partial charge in [0.15, 0.2) is 11.5 Å². The molecular formula is C17H17NO6S. The fourth-order valence-corrected chi connectivity index (χ4v) is 3.13. The molecule has 2 aliphatic rings. The van der Waals surface area contributed by atoms with Gasteiger partial charge in [-0.25, -0.2) is 0 Å². The van der Waals surface area contributed by atoms with Gasteiger partial charge in [-0.15, -0.1) is 0 Å². The number of imide groups is 1. The summed E-state index contributed by atoms with van der Waals surface area (Å²) in [6.07, 6.45) is 1.59. The highest BCUT2D eigenvalue weighted by Gasteiger charge is 2.37. The average molecular weight is 363 g/mol. The van der Waals surface area contributed by atoms with Crippen molar-refractivity contribution in [2.24, 2.45) is 0 Å². The normalized spacial score (nSPS) is 18.2. The Hall–Kier alpha value is -2.48. The number of ether oxygens (including phenoxy) is 3. The third-order valence-corrected chi connectivity index (χ3v) is 4.18. The number of nitrogens with zero attached hydrogens (tertiary/aromatic N) is 1. The summed E-state index contributed by atoms with van der Waals surface area (Å²) in [5.41, 5.74) is 0.0216. The summed E-state index contributed by atoms with van der Waals surface area (Å²) >= 11 is 0.789. The van der Waals surface area contributed by atoms with Crippen LogP contribution in [0, 0.1) is 0 Å². The largest absolute Gasteiger partial charge is 0.459 e. The summed E-state index contributed by atoms with van der Waals surface area (Å²) in [6, 6.07) is 5.22. The molecular weight excluding hydrogens is 346 g/mol. The highest BCUT2D eigenvalue weighted by molar-refractivity contribution is 8.18. The summed E-state index contributed by atoms with van der Waals surface area (Å²) < 4.78 is 15.7. The number of carbonyl (C=O) groups excluding carboxylic acids is 3. The first-order chi connectivity index (χ1) is 11.7. The Morgan fingerprint density at radius 2 is 2.00 bits per heavy atom. The van der Waals surface area contributed by atoms with Crippen LogP contribution in [-0.4, -0.2) is 41.0 Å². The zero-order valence-electron chi connectivity index (χ0n) is 14.0. The number of amides is 2. The second-order valence-corrected chi connectivity index (χ2v) is 7.46. The van der Waals surface area contributed by atoms with Gasteiger partial charge in [-0.1, -0.05) is 6.07 Å². The Morgan fingerprint density at radius 1 is 1.28 bits per heavy atom. The minimum Gasteiger partial charge on any atom is -0.459 e. The van der Waals surface area contributed by atoms with E-state index in [0.717, 1.165) is 16.7 Å². The van der Waals surface area contributed by atoms with Crippen LogP contribution >= 0.6 is 11.8 Å². The molecule has 0 aromatic heterocycles. The van der Waals surface area contributed by atoms with Crippen molar-refractivity contribution in [3.63, 3.8) is 0 Å². The van der Waals surface area contributed by atoms with Gasteiger partial charge < -0.3 is 14.2 Å². The fourth-order valence-electron chi connectivity index (χ4n) is 2.29. The molecule has 1 aromatic rings. The van der Waals surface area contributed by atoms with Gasteiger partial charge in [0, 0.05) is 0 Å². The molecule has 0 aliphatic carbocycles.